The Labute approximate surface area is 108 Å². The third-order valence-corrected chi connectivity index (χ3v) is 3.29. The van der Waals surface area contributed by atoms with Gasteiger partial charge in [0.15, 0.2) is 0 Å². The van der Waals surface area contributed by atoms with Crippen LogP contribution in [0.1, 0.15) is 39.0 Å². The Morgan fingerprint density at radius 3 is 2.50 bits per heavy atom. The van der Waals surface area contributed by atoms with E-state index in [9.17, 15) is 9.59 Å². The maximum Gasteiger partial charge on any atom is 0.307 e. The SMILES string of the molecule is CCCCC[C@H](CC(=O)N1CCOCC1)C(=O)O. The molecule has 5 heteroatoms. The van der Waals surface area contributed by atoms with Gasteiger partial charge < -0.3 is 14.7 Å². The molecule has 1 atom stereocenters. The Kier molecular flexibility index (Phi) is 6.72. The monoisotopic (exact) mass is 257 g/mol. The van der Waals surface area contributed by atoms with Crippen molar-refractivity contribution in [3.63, 3.8) is 0 Å². The molecule has 104 valence electrons. The molecular formula is C13H23NO4. The highest BCUT2D eigenvalue weighted by atomic mass is 16.5. The largest absolute Gasteiger partial charge is 0.481 e. The van der Waals surface area contributed by atoms with Crippen LogP contribution < -0.4 is 0 Å². The van der Waals surface area contributed by atoms with Crippen molar-refractivity contribution in [1.82, 2.24) is 4.90 Å². The lowest BCUT2D eigenvalue weighted by atomic mass is 9.97. The summed E-state index contributed by atoms with van der Waals surface area (Å²) in [5.41, 5.74) is 0. The van der Waals surface area contributed by atoms with Crippen molar-refractivity contribution >= 4 is 11.9 Å². The van der Waals surface area contributed by atoms with Crippen LogP contribution >= 0.6 is 0 Å². The maximum atomic E-state index is 12.0. The molecule has 1 fully saturated rings. The van der Waals surface area contributed by atoms with E-state index in [0.717, 1.165) is 19.3 Å². The van der Waals surface area contributed by atoms with Crippen LogP contribution in [0.2, 0.25) is 0 Å². The number of hydrogen-bond donors (Lipinski definition) is 1. The second-order valence-electron chi connectivity index (χ2n) is 4.73. The summed E-state index contributed by atoms with van der Waals surface area (Å²) in [5, 5.41) is 9.12. The summed E-state index contributed by atoms with van der Waals surface area (Å²) < 4.78 is 5.17. The van der Waals surface area contributed by atoms with Gasteiger partial charge in [0.25, 0.3) is 0 Å². The fraction of sp³-hybridized carbons (Fsp3) is 0.846. The number of morpholine rings is 1. The van der Waals surface area contributed by atoms with Gasteiger partial charge in [-0.05, 0) is 6.42 Å². The number of ether oxygens (including phenoxy) is 1. The molecule has 0 bridgehead atoms. The summed E-state index contributed by atoms with van der Waals surface area (Å²) in [6.45, 7) is 4.35. The number of carbonyl (C=O) groups excluding carboxylic acids is 1. The molecule has 1 amide bonds. The molecule has 1 aliphatic rings. The molecule has 0 saturated carbocycles. The van der Waals surface area contributed by atoms with Crippen LogP contribution in [0, 0.1) is 5.92 Å². The average Bonchev–Trinajstić information content (AvgIpc) is 2.38. The predicted octanol–water partition coefficient (Wildman–Crippen LogP) is 1.52. The molecule has 1 aliphatic heterocycles. The Bertz CT molecular complexity index is 274. The van der Waals surface area contributed by atoms with Gasteiger partial charge in [-0.1, -0.05) is 26.2 Å². The van der Waals surface area contributed by atoms with E-state index in [-0.39, 0.29) is 12.3 Å². The van der Waals surface area contributed by atoms with Gasteiger partial charge in [0.2, 0.25) is 5.91 Å². The lowest BCUT2D eigenvalue weighted by molar-refractivity contribution is -0.147. The molecule has 0 aromatic carbocycles. The molecule has 0 spiro atoms. The number of carboxylic acids is 1. The number of amides is 1. The lowest BCUT2D eigenvalue weighted by Gasteiger charge is -2.27. The number of hydrogen-bond acceptors (Lipinski definition) is 3. The molecule has 0 aromatic heterocycles. The molecule has 0 radical (unpaired) electrons. The van der Waals surface area contributed by atoms with Crippen LogP contribution in [0.15, 0.2) is 0 Å². The first-order valence-corrected chi connectivity index (χ1v) is 6.73. The number of unbranched alkanes of at least 4 members (excludes halogenated alkanes) is 2. The molecule has 0 unspecified atom stereocenters. The highest BCUT2D eigenvalue weighted by Gasteiger charge is 2.24. The summed E-state index contributed by atoms with van der Waals surface area (Å²) in [6.07, 6.45) is 3.68. The van der Waals surface area contributed by atoms with Crippen LogP contribution in [-0.4, -0.2) is 48.2 Å². The summed E-state index contributed by atoms with van der Waals surface area (Å²) in [5.74, 6) is -1.44. The lowest BCUT2D eigenvalue weighted by Crippen LogP contribution is -2.41. The summed E-state index contributed by atoms with van der Waals surface area (Å²) in [4.78, 5) is 24.8. The van der Waals surface area contributed by atoms with Crippen LogP contribution in [-0.2, 0) is 14.3 Å². The highest BCUT2D eigenvalue weighted by molar-refractivity contribution is 5.82. The molecule has 1 heterocycles. The third-order valence-electron chi connectivity index (χ3n) is 3.29. The van der Waals surface area contributed by atoms with E-state index < -0.39 is 11.9 Å². The molecular weight excluding hydrogens is 234 g/mol. The molecule has 1 saturated heterocycles. The standard InChI is InChI=1S/C13H23NO4/c1-2-3-4-5-11(13(16)17)10-12(15)14-6-8-18-9-7-14/h11H,2-10H2,1H3,(H,16,17)/t11-/m1/s1. The first-order valence-electron chi connectivity index (χ1n) is 6.73. The first-order chi connectivity index (χ1) is 8.65. The fourth-order valence-electron chi connectivity index (χ4n) is 2.11. The number of carbonyl (C=O) groups is 2. The predicted molar refractivity (Wildman–Crippen MR) is 67.3 cm³/mol. The van der Waals surface area contributed by atoms with Crippen molar-refractivity contribution in [2.45, 2.75) is 39.0 Å². The van der Waals surface area contributed by atoms with Gasteiger partial charge in [-0.2, -0.15) is 0 Å². The van der Waals surface area contributed by atoms with Crippen molar-refractivity contribution in [3.8, 4) is 0 Å². The molecule has 18 heavy (non-hydrogen) atoms. The van der Waals surface area contributed by atoms with Gasteiger partial charge in [0, 0.05) is 19.5 Å². The van der Waals surface area contributed by atoms with Crippen LogP contribution in [0.25, 0.3) is 0 Å². The van der Waals surface area contributed by atoms with Crippen molar-refractivity contribution in [1.29, 1.82) is 0 Å². The topological polar surface area (TPSA) is 66.8 Å². The van der Waals surface area contributed by atoms with Gasteiger partial charge in [-0.25, -0.2) is 0 Å². The van der Waals surface area contributed by atoms with Gasteiger partial charge in [0.1, 0.15) is 0 Å². The molecule has 1 rings (SSSR count). The van der Waals surface area contributed by atoms with Crippen LogP contribution in [0.3, 0.4) is 0 Å². The Morgan fingerprint density at radius 1 is 1.28 bits per heavy atom. The maximum absolute atomic E-state index is 12.0. The first kappa shape index (κ1) is 15.0. The van der Waals surface area contributed by atoms with Crippen molar-refractivity contribution < 1.29 is 19.4 Å². The molecule has 1 N–H and O–H groups in total. The summed E-state index contributed by atoms with van der Waals surface area (Å²) in [6, 6.07) is 0. The van der Waals surface area contributed by atoms with E-state index in [1.54, 1.807) is 4.90 Å². The number of nitrogens with zero attached hydrogens (tertiary/aromatic N) is 1. The zero-order valence-electron chi connectivity index (χ0n) is 11.1. The van der Waals surface area contributed by atoms with E-state index in [2.05, 4.69) is 6.92 Å². The fourth-order valence-corrected chi connectivity index (χ4v) is 2.11. The minimum atomic E-state index is -0.854. The summed E-state index contributed by atoms with van der Waals surface area (Å²) in [7, 11) is 0. The zero-order chi connectivity index (χ0) is 13.4. The quantitative estimate of drug-likeness (QED) is 0.702. The minimum absolute atomic E-state index is 0.0535. The van der Waals surface area contributed by atoms with E-state index in [0.29, 0.717) is 32.7 Å². The van der Waals surface area contributed by atoms with Gasteiger partial charge in [0.05, 0.1) is 19.1 Å². The average molecular weight is 257 g/mol. The van der Waals surface area contributed by atoms with Crippen molar-refractivity contribution in [2.75, 3.05) is 26.3 Å². The Morgan fingerprint density at radius 2 is 1.94 bits per heavy atom. The van der Waals surface area contributed by atoms with Gasteiger partial charge in [-0.3, -0.25) is 9.59 Å². The number of rotatable bonds is 7. The normalized spacial score (nSPS) is 17.5. The Balaban J connectivity index is 2.38. The minimum Gasteiger partial charge on any atom is -0.481 e. The smallest absolute Gasteiger partial charge is 0.307 e. The van der Waals surface area contributed by atoms with Crippen LogP contribution in [0.4, 0.5) is 0 Å². The molecule has 0 aromatic rings. The Hall–Kier alpha value is -1.10. The van der Waals surface area contributed by atoms with E-state index >= 15 is 0 Å². The second-order valence-corrected chi connectivity index (χ2v) is 4.73. The highest BCUT2D eigenvalue weighted by Crippen LogP contribution is 2.16. The van der Waals surface area contributed by atoms with E-state index in [1.165, 1.54) is 0 Å². The van der Waals surface area contributed by atoms with Gasteiger partial charge >= 0.3 is 5.97 Å². The van der Waals surface area contributed by atoms with Gasteiger partial charge in [-0.15, -0.1) is 0 Å². The van der Waals surface area contributed by atoms with E-state index in [1.807, 2.05) is 0 Å². The molecule has 5 nitrogen and oxygen atoms in total. The third kappa shape index (κ3) is 5.04. The zero-order valence-corrected chi connectivity index (χ0v) is 11.1. The van der Waals surface area contributed by atoms with Crippen molar-refractivity contribution in [3.05, 3.63) is 0 Å². The summed E-state index contributed by atoms with van der Waals surface area (Å²) >= 11 is 0. The molecule has 0 aliphatic carbocycles. The van der Waals surface area contributed by atoms with E-state index in [4.69, 9.17) is 9.84 Å². The number of carboxylic acid groups (broad SMARTS) is 1. The van der Waals surface area contributed by atoms with Crippen LogP contribution in [0.5, 0.6) is 0 Å². The second kappa shape index (κ2) is 8.08. The number of aliphatic carboxylic acids is 1. The van der Waals surface area contributed by atoms with Crippen molar-refractivity contribution in [2.24, 2.45) is 5.92 Å².